The quantitative estimate of drug-likeness (QED) is 0.142. The van der Waals surface area contributed by atoms with Gasteiger partial charge in [-0.2, -0.15) is 0 Å². The Balaban J connectivity index is 1.40. The average molecular weight is 534 g/mol. The molecular weight excluding hydrogens is 510 g/mol. The van der Waals surface area contributed by atoms with Crippen molar-refractivity contribution in [1.29, 1.82) is 0 Å². The number of carboxylic acids is 1. The zero-order valence-corrected chi connectivity index (χ0v) is 20.4. The summed E-state index contributed by atoms with van der Waals surface area (Å²) in [6.07, 6.45) is 0.0149. The number of amides is 4. The van der Waals surface area contributed by atoms with Crippen molar-refractivity contribution in [3.8, 4) is 0 Å². The van der Waals surface area contributed by atoms with Gasteiger partial charge in [0.1, 0.15) is 17.1 Å². The predicted octanol–water partition coefficient (Wildman–Crippen LogP) is -1.00. The van der Waals surface area contributed by atoms with Crippen LogP contribution in [0.5, 0.6) is 0 Å². The molecule has 1 unspecified atom stereocenters. The maximum atomic E-state index is 12.9. The summed E-state index contributed by atoms with van der Waals surface area (Å²) >= 11 is 2.59. The number of β-lactam (4-membered cyclic amide) rings is 1. The van der Waals surface area contributed by atoms with E-state index >= 15 is 0 Å². The van der Waals surface area contributed by atoms with E-state index in [4.69, 9.17) is 11.5 Å². The Hall–Kier alpha value is -3.79. The number of carboxylic acid groups (broad SMARTS) is 1. The number of aromatic nitrogens is 4. The first-order valence-corrected chi connectivity index (χ1v) is 12.7. The first-order valence-electron chi connectivity index (χ1n) is 10.7. The molecule has 4 rings (SSSR count). The maximum Gasteiger partial charge on any atom is 0.352 e. The van der Waals surface area contributed by atoms with Crippen molar-refractivity contribution in [3.63, 3.8) is 0 Å². The zero-order chi connectivity index (χ0) is 25.8. The fourth-order valence-corrected chi connectivity index (χ4v) is 6.15. The molecule has 0 spiro atoms. The van der Waals surface area contributed by atoms with Gasteiger partial charge in [-0.1, -0.05) is 30.0 Å². The third-order valence-electron chi connectivity index (χ3n) is 5.47. The Morgan fingerprint density at radius 1 is 1.28 bits per heavy atom. The Bertz CT molecular complexity index is 1230. The molecule has 0 saturated carbocycles. The standard InChI is InChI=1S/C20H23N9O5S2/c21-12-4-2-1-3-10(12)7-13(30)24-14-16(31)29-15(18(32)33)11(8-35-17(14)29)9-36-20-25-26-27-28(20)6-5-23-19(22)34/h1-4,14,17H,5-9,21H2,(H,24,30)(H,32,33)(H3,22,23,34)/t14?,17-/m1/s1. The summed E-state index contributed by atoms with van der Waals surface area (Å²) in [6, 6.07) is 5.47. The van der Waals surface area contributed by atoms with E-state index in [0.717, 1.165) is 0 Å². The summed E-state index contributed by atoms with van der Waals surface area (Å²) in [7, 11) is 0. The van der Waals surface area contributed by atoms with E-state index < -0.39 is 29.3 Å². The molecule has 4 amide bonds. The number of thioether (sulfide) groups is 2. The molecule has 1 aromatic carbocycles. The highest BCUT2D eigenvalue weighted by molar-refractivity contribution is 8.01. The highest BCUT2D eigenvalue weighted by Crippen LogP contribution is 2.41. The minimum absolute atomic E-state index is 0.0149. The molecule has 0 aliphatic carbocycles. The summed E-state index contributed by atoms with van der Waals surface area (Å²) in [5.74, 6) is -1.49. The smallest absolute Gasteiger partial charge is 0.352 e. The zero-order valence-electron chi connectivity index (χ0n) is 18.8. The van der Waals surface area contributed by atoms with Crippen molar-refractivity contribution in [3.05, 3.63) is 41.1 Å². The number of carbonyl (C=O) groups excluding carboxylic acids is 3. The topological polar surface area (TPSA) is 211 Å². The predicted molar refractivity (Wildman–Crippen MR) is 130 cm³/mol. The number of primary amides is 1. The molecular formula is C20H23N9O5S2. The van der Waals surface area contributed by atoms with E-state index in [1.165, 1.54) is 33.1 Å². The molecule has 7 N–H and O–H groups in total. The Kier molecular flexibility index (Phi) is 7.64. The summed E-state index contributed by atoms with van der Waals surface area (Å²) in [5, 5.41) is 26.3. The van der Waals surface area contributed by atoms with E-state index in [1.54, 1.807) is 24.3 Å². The number of rotatable bonds is 10. The highest BCUT2D eigenvalue weighted by atomic mass is 32.2. The SMILES string of the molecule is NC(=O)NCCn1nnnc1SCC1=C(C(=O)O)N2C(=O)C(NC(=O)Cc3ccccc3N)[C@H]2SC1. The van der Waals surface area contributed by atoms with Crippen LogP contribution in [0.4, 0.5) is 10.5 Å². The normalized spacial score (nSPS) is 18.9. The van der Waals surface area contributed by atoms with Crippen LogP contribution >= 0.6 is 23.5 Å². The molecule has 14 nitrogen and oxygen atoms in total. The molecule has 2 aliphatic rings. The van der Waals surface area contributed by atoms with Crippen LogP contribution in [0.3, 0.4) is 0 Å². The summed E-state index contributed by atoms with van der Waals surface area (Å²) in [5.41, 5.74) is 12.5. The lowest BCUT2D eigenvalue weighted by Crippen LogP contribution is -2.70. The van der Waals surface area contributed by atoms with Crippen LogP contribution in [0.1, 0.15) is 5.56 Å². The lowest BCUT2D eigenvalue weighted by atomic mass is 10.0. The van der Waals surface area contributed by atoms with E-state index in [9.17, 15) is 24.3 Å². The molecule has 1 fully saturated rings. The largest absolute Gasteiger partial charge is 0.477 e. The van der Waals surface area contributed by atoms with Gasteiger partial charge in [0.25, 0.3) is 5.91 Å². The van der Waals surface area contributed by atoms with Crippen molar-refractivity contribution >= 4 is 53.0 Å². The van der Waals surface area contributed by atoms with Gasteiger partial charge in [-0.3, -0.25) is 14.5 Å². The molecule has 3 heterocycles. The number of tetrazole rings is 1. The molecule has 1 saturated heterocycles. The van der Waals surface area contributed by atoms with Crippen molar-refractivity contribution in [2.75, 3.05) is 23.8 Å². The number of carbonyl (C=O) groups is 4. The Morgan fingerprint density at radius 2 is 2.06 bits per heavy atom. The van der Waals surface area contributed by atoms with Gasteiger partial charge < -0.3 is 27.2 Å². The van der Waals surface area contributed by atoms with Crippen LogP contribution in [0, 0.1) is 0 Å². The molecule has 2 atom stereocenters. The van der Waals surface area contributed by atoms with Crippen LogP contribution < -0.4 is 22.1 Å². The number of fused-ring (bicyclic) bond motifs is 1. The van der Waals surface area contributed by atoms with Gasteiger partial charge in [-0.25, -0.2) is 14.3 Å². The minimum Gasteiger partial charge on any atom is -0.477 e. The second kappa shape index (κ2) is 10.9. The molecule has 36 heavy (non-hydrogen) atoms. The molecule has 2 aromatic rings. The number of benzene rings is 1. The van der Waals surface area contributed by atoms with Crippen molar-refractivity contribution in [1.82, 2.24) is 35.7 Å². The number of hydrogen-bond donors (Lipinski definition) is 5. The summed E-state index contributed by atoms with van der Waals surface area (Å²) in [6.45, 7) is 0.501. The van der Waals surface area contributed by atoms with Crippen molar-refractivity contribution < 1.29 is 24.3 Å². The molecule has 1 aromatic heterocycles. The van der Waals surface area contributed by atoms with Crippen LogP contribution in [-0.4, -0.2) is 83.5 Å². The van der Waals surface area contributed by atoms with Crippen LogP contribution in [-0.2, 0) is 27.3 Å². The van der Waals surface area contributed by atoms with E-state index in [0.29, 0.717) is 27.7 Å². The fourth-order valence-electron chi connectivity index (χ4n) is 3.76. The second-order valence-electron chi connectivity index (χ2n) is 7.85. The van der Waals surface area contributed by atoms with Gasteiger partial charge in [0.2, 0.25) is 11.1 Å². The third kappa shape index (κ3) is 5.38. The van der Waals surface area contributed by atoms with Crippen LogP contribution in [0.15, 0.2) is 40.7 Å². The Morgan fingerprint density at radius 3 is 2.78 bits per heavy atom. The van der Waals surface area contributed by atoms with Gasteiger partial charge in [-0.05, 0) is 27.6 Å². The van der Waals surface area contributed by atoms with Gasteiger partial charge in [0, 0.05) is 23.7 Å². The molecule has 0 radical (unpaired) electrons. The summed E-state index contributed by atoms with van der Waals surface area (Å²) in [4.78, 5) is 49.5. The first-order chi connectivity index (χ1) is 17.3. The minimum atomic E-state index is -1.23. The van der Waals surface area contributed by atoms with Crippen LogP contribution in [0.25, 0.3) is 0 Å². The van der Waals surface area contributed by atoms with Crippen molar-refractivity contribution in [2.45, 2.75) is 29.5 Å². The average Bonchev–Trinajstić information content (AvgIpc) is 3.28. The fraction of sp³-hybridized carbons (Fsp3) is 0.350. The van der Waals surface area contributed by atoms with Gasteiger partial charge >= 0.3 is 12.0 Å². The lowest BCUT2D eigenvalue weighted by molar-refractivity contribution is -0.150. The summed E-state index contributed by atoms with van der Waals surface area (Å²) < 4.78 is 1.46. The third-order valence-corrected chi connectivity index (χ3v) is 7.85. The number of nitrogen functional groups attached to an aromatic ring is 1. The van der Waals surface area contributed by atoms with Gasteiger partial charge in [-0.15, -0.1) is 16.9 Å². The number of nitrogens with zero attached hydrogens (tertiary/aromatic N) is 5. The Labute approximate surface area is 213 Å². The second-order valence-corrected chi connectivity index (χ2v) is 9.90. The monoisotopic (exact) mass is 533 g/mol. The number of hydrogen-bond acceptors (Lipinski definition) is 10. The molecule has 0 bridgehead atoms. The van der Waals surface area contributed by atoms with E-state index in [2.05, 4.69) is 26.2 Å². The number of nitrogens with one attached hydrogen (secondary N) is 2. The molecule has 16 heteroatoms. The molecule has 2 aliphatic heterocycles. The number of anilines is 1. The van der Waals surface area contributed by atoms with Gasteiger partial charge in [0.15, 0.2) is 0 Å². The van der Waals surface area contributed by atoms with Crippen molar-refractivity contribution in [2.24, 2.45) is 5.73 Å². The first kappa shape index (κ1) is 25.3. The maximum absolute atomic E-state index is 12.9. The molecule has 190 valence electrons. The van der Waals surface area contributed by atoms with E-state index in [1.807, 2.05) is 0 Å². The number of urea groups is 1. The number of para-hydroxylation sites is 1. The van der Waals surface area contributed by atoms with E-state index in [-0.39, 0.29) is 36.9 Å². The number of aliphatic carboxylic acids is 1. The lowest BCUT2D eigenvalue weighted by Gasteiger charge is -2.49. The van der Waals surface area contributed by atoms with Crippen LogP contribution in [0.2, 0.25) is 0 Å². The van der Waals surface area contributed by atoms with Gasteiger partial charge in [0.05, 0.1) is 13.0 Å². The highest BCUT2D eigenvalue weighted by Gasteiger charge is 2.54. The number of nitrogens with two attached hydrogens (primary N) is 2.